The van der Waals surface area contributed by atoms with Gasteiger partial charge in [0, 0.05) is 11.3 Å². The van der Waals surface area contributed by atoms with Crippen LogP contribution in [0.5, 0.6) is 11.5 Å². The molecule has 124 valence electrons. The molecule has 0 aliphatic carbocycles. The summed E-state index contributed by atoms with van der Waals surface area (Å²) in [6, 6.07) is 13.6. The highest BCUT2D eigenvalue weighted by atomic mass is 127. The lowest BCUT2D eigenvalue weighted by Gasteiger charge is -2.11. The van der Waals surface area contributed by atoms with E-state index in [2.05, 4.69) is 10.3 Å². The molecule has 0 aliphatic heterocycles. The van der Waals surface area contributed by atoms with E-state index in [9.17, 15) is 0 Å². The number of aryl methyl sites for hydroxylation is 1. The zero-order valence-electron chi connectivity index (χ0n) is 13.5. The van der Waals surface area contributed by atoms with Gasteiger partial charge in [0.25, 0.3) is 0 Å². The first-order valence-electron chi connectivity index (χ1n) is 6.97. The molecule has 5 nitrogen and oxygen atoms in total. The minimum atomic E-state index is 0. The lowest BCUT2D eigenvalue weighted by molar-refractivity contribution is 0.352. The topological polar surface area (TPSA) is 68.9 Å². The molecular formula is C17H22IN3O2. The van der Waals surface area contributed by atoms with Gasteiger partial charge in [-0.1, -0.05) is 24.3 Å². The number of nitrogens with zero attached hydrogens (tertiary/aromatic N) is 1. The number of anilines is 1. The van der Waals surface area contributed by atoms with Crippen LogP contribution in [0.1, 0.15) is 11.1 Å². The first-order valence-corrected chi connectivity index (χ1v) is 6.97. The Labute approximate surface area is 153 Å². The maximum absolute atomic E-state index is 5.93. The average Bonchev–Trinajstić information content (AvgIpc) is 2.52. The van der Waals surface area contributed by atoms with E-state index in [-0.39, 0.29) is 24.0 Å². The molecule has 6 heteroatoms. The van der Waals surface area contributed by atoms with Crippen molar-refractivity contribution in [2.24, 2.45) is 10.7 Å². The number of rotatable bonds is 5. The number of para-hydroxylation sites is 1. The Morgan fingerprint density at radius 2 is 1.87 bits per heavy atom. The maximum atomic E-state index is 5.93. The third-order valence-electron chi connectivity index (χ3n) is 3.19. The van der Waals surface area contributed by atoms with Crippen LogP contribution in [0.2, 0.25) is 0 Å². The number of aliphatic imine (C=N–C) groups is 1. The highest BCUT2D eigenvalue weighted by Gasteiger charge is 2.08. The molecule has 2 aromatic carbocycles. The molecule has 23 heavy (non-hydrogen) atoms. The predicted octanol–water partition coefficient (Wildman–Crippen LogP) is 3.56. The molecule has 0 radical (unpaired) electrons. The first kappa shape index (κ1) is 19.1. The quantitative estimate of drug-likeness (QED) is 0.435. The van der Waals surface area contributed by atoms with Gasteiger partial charge in [-0.25, -0.2) is 4.99 Å². The van der Waals surface area contributed by atoms with E-state index in [1.54, 1.807) is 14.2 Å². The second-order valence-corrected chi connectivity index (χ2v) is 4.85. The minimum Gasteiger partial charge on any atom is -0.493 e. The summed E-state index contributed by atoms with van der Waals surface area (Å²) in [5.74, 6) is 1.72. The summed E-state index contributed by atoms with van der Waals surface area (Å²) in [6.07, 6.45) is 0. The number of nitrogens with one attached hydrogen (secondary N) is 1. The minimum absolute atomic E-state index is 0. The Morgan fingerprint density at radius 1 is 1.13 bits per heavy atom. The summed E-state index contributed by atoms with van der Waals surface area (Å²) >= 11 is 0. The van der Waals surface area contributed by atoms with Gasteiger partial charge in [0.1, 0.15) is 0 Å². The van der Waals surface area contributed by atoms with Crippen LogP contribution < -0.4 is 20.5 Å². The van der Waals surface area contributed by atoms with E-state index in [0.717, 1.165) is 16.8 Å². The molecule has 0 saturated heterocycles. The summed E-state index contributed by atoms with van der Waals surface area (Å²) in [5.41, 5.74) is 8.92. The number of methoxy groups -OCH3 is 2. The fraction of sp³-hybridized carbons (Fsp3) is 0.235. The van der Waals surface area contributed by atoms with Crippen LogP contribution in [0, 0.1) is 6.92 Å². The highest BCUT2D eigenvalue weighted by Crippen LogP contribution is 2.31. The third-order valence-corrected chi connectivity index (χ3v) is 3.19. The van der Waals surface area contributed by atoms with Crippen molar-refractivity contribution < 1.29 is 9.47 Å². The van der Waals surface area contributed by atoms with Gasteiger partial charge in [0.05, 0.1) is 20.8 Å². The van der Waals surface area contributed by atoms with Crippen LogP contribution in [0.3, 0.4) is 0 Å². The molecule has 0 bridgehead atoms. The summed E-state index contributed by atoms with van der Waals surface area (Å²) in [4.78, 5) is 4.35. The smallest absolute Gasteiger partial charge is 0.193 e. The van der Waals surface area contributed by atoms with Gasteiger partial charge >= 0.3 is 0 Å². The van der Waals surface area contributed by atoms with Crippen LogP contribution in [0.15, 0.2) is 47.5 Å². The Morgan fingerprint density at radius 3 is 2.52 bits per heavy atom. The van der Waals surface area contributed by atoms with Crippen molar-refractivity contribution in [3.63, 3.8) is 0 Å². The lowest BCUT2D eigenvalue weighted by atomic mass is 10.2. The van der Waals surface area contributed by atoms with E-state index in [1.165, 1.54) is 0 Å². The van der Waals surface area contributed by atoms with Crippen molar-refractivity contribution in [1.82, 2.24) is 0 Å². The van der Waals surface area contributed by atoms with Gasteiger partial charge in [0.15, 0.2) is 17.5 Å². The molecule has 0 unspecified atom stereocenters. The van der Waals surface area contributed by atoms with E-state index < -0.39 is 0 Å². The van der Waals surface area contributed by atoms with Gasteiger partial charge in [-0.05, 0) is 30.7 Å². The SMILES string of the molecule is COc1cccc(CN=C(N)Nc2cccc(C)c2)c1OC.I. The van der Waals surface area contributed by atoms with Crippen molar-refractivity contribution in [2.45, 2.75) is 13.5 Å². The Hall–Kier alpha value is -1.96. The Balaban J connectivity index is 0.00000264. The van der Waals surface area contributed by atoms with Crippen molar-refractivity contribution in [3.05, 3.63) is 53.6 Å². The number of halogens is 1. The largest absolute Gasteiger partial charge is 0.493 e. The monoisotopic (exact) mass is 427 g/mol. The standard InChI is InChI=1S/C17H21N3O2.HI/c1-12-6-4-8-14(10-12)20-17(18)19-11-13-7-5-9-15(21-2)16(13)22-3;/h4-10H,11H2,1-3H3,(H3,18,19,20);1H. The second kappa shape index (κ2) is 9.24. The zero-order valence-corrected chi connectivity index (χ0v) is 15.8. The number of benzene rings is 2. The number of guanidine groups is 1. The number of nitrogens with two attached hydrogens (primary N) is 1. The van der Waals surface area contributed by atoms with Crippen LogP contribution in [-0.4, -0.2) is 20.2 Å². The van der Waals surface area contributed by atoms with Crippen molar-refractivity contribution >= 4 is 35.6 Å². The van der Waals surface area contributed by atoms with E-state index in [0.29, 0.717) is 24.0 Å². The maximum Gasteiger partial charge on any atom is 0.193 e. The van der Waals surface area contributed by atoms with Crippen LogP contribution in [0.4, 0.5) is 5.69 Å². The normalized spacial score (nSPS) is 10.7. The van der Waals surface area contributed by atoms with Gasteiger partial charge in [-0.2, -0.15) is 0 Å². The molecule has 0 heterocycles. The van der Waals surface area contributed by atoms with Crippen molar-refractivity contribution in [3.8, 4) is 11.5 Å². The molecule has 2 rings (SSSR count). The summed E-state index contributed by atoms with van der Waals surface area (Å²) < 4.78 is 10.7. The van der Waals surface area contributed by atoms with E-state index in [1.807, 2.05) is 49.4 Å². The molecule has 0 aromatic heterocycles. The fourth-order valence-electron chi connectivity index (χ4n) is 2.16. The molecule has 2 aromatic rings. The van der Waals surface area contributed by atoms with Crippen molar-refractivity contribution in [1.29, 1.82) is 0 Å². The first-order chi connectivity index (χ1) is 10.6. The van der Waals surface area contributed by atoms with Crippen LogP contribution >= 0.6 is 24.0 Å². The number of hydrogen-bond donors (Lipinski definition) is 2. The van der Waals surface area contributed by atoms with Crippen molar-refractivity contribution in [2.75, 3.05) is 19.5 Å². The summed E-state index contributed by atoms with van der Waals surface area (Å²) in [5, 5.41) is 3.07. The lowest BCUT2D eigenvalue weighted by Crippen LogP contribution is -2.22. The molecule has 0 fully saturated rings. The van der Waals surface area contributed by atoms with Gasteiger partial charge < -0.3 is 20.5 Å². The number of ether oxygens (including phenoxy) is 2. The Bertz CT molecular complexity index is 675. The van der Waals surface area contributed by atoms with Gasteiger partial charge in [0.2, 0.25) is 0 Å². The van der Waals surface area contributed by atoms with E-state index in [4.69, 9.17) is 15.2 Å². The van der Waals surface area contributed by atoms with Gasteiger partial charge in [-0.3, -0.25) is 0 Å². The van der Waals surface area contributed by atoms with Crippen LogP contribution in [0.25, 0.3) is 0 Å². The highest BCUT2D eigenvalue weighted by molar-refractivity contribution is 14.0. The summed E-state index contributed by atoms with van der Waals surface area (Å²) in [6.45, 7) is 2.44. The van der Waals surface area contributed by atoms with E-state index >= 15 is 0 Å². The molecule has 0 saturated carbocycles. The van der Waals surface area contributed by atoms with Gasteiger partial charge in [-0.15, -0.1) is 24.0 Å². The molecule has 0 aliphatic rings. The Kier molecular flexibility index (Phi) is 7.67. The number of hydrogen-bond acceptors (Lipinski definition) is 3. The fourth-order valence-corrected chi connectivity index (χ4v) is 2.16. The predicted molar refractivity (Wildman–Crippen MR) is 105 cm³/mol. The zero-order chi connectivity index (χ0) is 15.9. The summed E-state index contributed by atoms with van der Waals surface area (Å²) in [7, 11) is 3.22. The molecule has 0 spiro atoms. The molecular weight excluding hydrogens is 405 g/mol. The molecule has 0 atom stereocenters. The van der Waals surface area contributed by atoms with Crippen LogP contribution in [-0.2, 0) is 6.54 Å². The molecule has 0 amide bonds. The second-order valence-electron chi connectivity index (χ2n) is 4.85. The molecule has 3 N–H and O–H groups in total. The average molecular weight is 427 g/mol. The third kappa shape index (κ3) is 5.31.